The summed E-state index contributed by atoms with van der Waals surface area (Å²) in [4.78, 5) is 25.3. The zero-order valence-electron chi connectivity index (χ0n) is 20.1. The number of nitrogens with zero attached hydrogens (tertiary/aromatic N) is 6. The van der Waals surface area contributed by atoms with Crippen LogP contribution < -0.4 is 5.32 Å². The van der Waals surface area contributed by atoms with E-state index in [-0.39, 0.29) is 11.8 Å². The second kappa shape index (κ2) is 10.1. The number of carbonyl (C=O) groups excluding carboxylic acids is 1. The molecule has 0 fully saturated rings. The molecule has 4 heterocycles. The number of pyridine rings is 1. The van der Waals surface area contributed by atoms with Crippen LogP contribution in [0.4, 0.5) is 10.1 Å². The van der Waals surface area contributed by atoms with E-state index in [1.54, 1.807) is 29.2 Å². The van der Waals surface area contributed by atoms with Crippen molar-refractivity contribution >= 4 is 23.2 Å². The monoisotopic (exact) mass is 528 g/mol. The quantitative estimate of drug-likeness (QED) is 0.317. The zero-order chi connectivity index (χ0) is 26.1. The molecule has 1 amide bonds. The summed E-state index contributed by atoms with van der Waals surface area (Å²) in [5, 5.41) is 15.0. The van der Waals surface area contributed by atoms with E-state index in [2.05, 4.69) is 30.8 Å². The molecular weight excluding hydrogens is 507 g/mol. The number of imidazole rings is 1. The summed E-state index contributed by atoms with van der Waals surface area (Å²) >= 11 is 6.30. The van der Waals surface area contributed by atoms with Gasteiger partial charge in [-0.15, -0.1) is 5.10 Å². The average molecular weight is 529 g/mol. The first-order chi connectivity index (χ1) is 18.5. The molecule has 2 N–H and O–H groups in total. The van der Waals surface area contributed by atoms with Crippen molar-refractivity contribution in [1.29, 1.82) is 0 Å². The predicted octanol–water partition coefficient (Wildman–Crippen LogP) is 5.55. The minimum Gasteiger partial charge on any atom is -0.341 e. The van der Waals surface area contributed by atoms with E-state index in [0.29, 0.717) is 34.8 Å². The van der Waals surface area contributed by atoms with Crippen LogP contribution in [-0.4, -0.2) is 41.1 Å². The molecular formula is C27H22ClFN8O. The maximum atomic E-state index is 14.1. The van der Waals surface area contributed by atoms with Gasteiger partial charge in [0.25, 0.3) is 0 Å². The van der Waals surface area contributed by atoms with E-state index in [0.717, 1.165) is 41.2 Å². The third-order valence-corrected chi connectivity index (χ3v) is 6.86. The van der Waals surface area contributed by atoms with Gasteiger partial charge in [0.2, 0.25) is 5.91 Å². The van der Waals surface area contributed by atoms with Crippen molar-refractivity contribution in [3.8, 4) is 28.1 Å². The molecule has 2 bridgehead atoms. The van der Waals surface area contributed by atoms with Crippen molar-refractivity contribution in [2.75, 3.05) is 5.32 Å². The normalized spacial score (nSPS) is 15.7. The molecule has 11 heteroatoms. The predicted molar refractivity (Wildman–Crippen MR) is 140 cm³/mol. The van der Waals surface area contributed by atoms with Gasteiger partial charge in [0.15, 0.2) is 0 Å². The van der Waals surface area contributed by atoms with Gasteiger partial charge < -0.3 is 10.3 Å². The third kappa shape index (κ3) is 4.78. The van der Waals surface area contributed by atoms with Crippen molar-refractivity contribution in [3.63, 3.8) is 0 Å². The van der Waals surface area contributed by atoms with Gasteiger partial charge in [-0.05, 0) is 65.7 Å². The van der Waals surface area contributed by atoms with Gasteiger partial charge in [0.1, 0.15) is 18.0 Å². The van der Waals surface area contributed by atoms with Crippen LogP contribution >= 0.6 is 11.6 Å². The number of amides is 1. The maximum Gasteiger partial charge on any atom is 0.224 e. The van der Waals surface area contributed by atoms with Gasteiger partial charge >= 0.3 is 0 Å². The molecule has 0 aliphatic carbocycles. The minimum absolute atomic E-state index is 0.0999. The number of tetrazole rings is 1. The number of halogens is 2. The lowest BCUT2D eigenvalue weighted by atomic mass is 9.95. The summed E-state index contributed by atoms with van der Waals surface area (Å²) < 4.78 is 15.7. The number of aromatic nitrogens is 7. The second-order valence-electron chi connectivity index (χ2n) is 9.11. The van der Waals surface area contributed by atoms with Gasteiger partial charge in [-0.25, -0.2) is 9.37 Å². The van der Waals surface area contributed by atoms with Crippen molar-refractivity contribution in [1.82, 2.24) is 35.2 Å². The van der Waals surface area contributed by atoms with Gasteiger partial charge in [-0.3, -0.25) is 9.78 Å². The molecule has 2 aromatic carbocycles. The fourth-order valence-corrected chi connectivity index (χ4v) is 4.92. The number of hydrogen-bond acceptors (Lipinski definition) is 6. The van der Waals surface area contributed by atoms with Crippen molar-refractivity contribution < 1.29 is 9.18 Å². The highest BCUT2D eigenvalue weighted by atomic mass is 35.5. The van der Waals surface area contributed by atoms with E-state index in [4.69, 9.17) is 16.6 Å². The number of rotatable bonds is 3. The minimum atomic E-state index is -0.392. The van der Waals surface area contributed by atoms with Crippen molar-refractivity contribution in [2.24, 2.45) is 0 Å². The lowest BCUT2D eigenvalue weighted by molar-refractivity contribution is -0.116. The van der Waals surface area contributed by atoms with Crippen LogP contribution in [0.1, 0.15) is 43.1 Å². The summed E-state index contributed by atoms with van der Waals surface area (Å²) in [7, 11) is 0. The van der Waals surface area contributed by atoms with E-state index < -0.39 is 5.82 Å². The van der Waals surface area contributed by atoms with E-state index >= 15 is 0 Å². The lowest BCUT2D eigenvalue weighted by Gasteiger charge is -2.17. The number of H-pyrrole nitrogens is 1. The molecule has 9 nitrogen and oxygen atoms in total. The first kappa shape index (κ1) is 23.9. The van der Waals surface area contributed by atoms with E-state index in [1.165, 1.54) is 18.5 Å². The summed E-state index contributed by atoms with van der Waals surface area (Å²) in [6.07, 6.45) is 7.64. The van der Waals surface area contributed by atoms with Crippen LogP contribution in [0.25, 0.3) is 28.1 Å². The molecule has 1 aliphatic heterocycles. The molecule has 1 unspecified atom stereocenters. The van der Waals surface area contributed by atoms with Crippen LogP contribution in [0.2, 0.25) is 5.02 Å². The van der Waals surface area contributed by atoms with Crippen LogP contribution in [0.15, 0.2) is 67.3 Å². The van der Waals surface area contributed by atoms with Crippen LogP contribution in [-0.2, 0) is 4.79 Å². The van der Waals surface area contributed by atoms with Crippen LogP contribution in [0, 0.1) is 5.82 Å². The average Bonchev–Trinajstić information content (AvgIpc) is 3.62. The largest absolute Gasteiger partial charge is 0.341 e. The molecule has 0 saturated carbocycles. The van der Waals surface area contributed by atoms with Crippen molar-refractivity contribution in [2.45, 2.75) is 31.6 Å². The Morgan fingerprint density at radius 3 is 2.74 bits per heavy atom. The fraction of sp³-hybridized carbons (Fsp3) is 0.185. The Bertz CT molecular complexity index is 1600. The summed E-state index contributed by atoms with van der Waals surface area (Å²) in [5.41, 5.74) is 5.04. The Morgan fingerprint density at radius 1 is 1.00 bits per heavy atom. The standard InChI is InChI=1S/C27H22ClFN8O/c28-17-6-10-25(37-15-32-35-36-37)20(11-17)16-5-8-22(30-13-16)19-3-1-2-4-26(38)33-23-9-7-18(29)12-21(23)24-14-31-27(19)34-24/h5-15,19H,1-4H2,(H,31,34)(H,33,38). The Morgan fingerprint density at radius 2 is 1.92 bits per heavy atom. The number of hydrogen-bond donors (Lipinski definition) is 2. The Kier molecular flexibility index (Phi) is 6.38. The highest BCUT2D eigenvalue weighted by Crippen LogP contribution is 2.34. The number of fused-ring (bicyclic) bond motifs is 4. The first-order valence-corrected chi connectivity index (χ1v) is 12.6. The van der Waals surface area contributed by atoms with E-state index in [1.807, 2.05) is 24.3 Å². The van der Waals surface area contributed by atoms with Gasteiger partial charge in [-0.2, -0.15) is 4.68 Å². The molecule has 1 atom stereocenters. The molecule has 6 rings (SSSR count). The number of anilines is 1. The summed E-state index contributed by atoms with van der Waals surface area (Å²) in [6, 6.07) is 13.8. The molecule has 0 spiro atoms. The SMILES string of the molecule is O=C1CCCCC(c2ccc(-c3cc(Cl)ccc3-n3cnnn3)cn2)c2ncc([nH]2)-c2cc(F)ccc2N1. The van der Waals surface area contributed by atoms with Gasteiger partial charge in [0, 0.05) is 34.3 Å². The molecule has 0 saturated heterocycles. The summed E-state index contributed by atoms with van der Waals surface area (Å²) in [5.74, 6) is 0.115. The number of nitrogens with one attached hydrogen (secondary N) is 2. The van der Waals surface area contributed by atoms with Gasteiger partial charge in [-0.1, -0.05) is 24.1 Å². The molecule has 190 valence electrons. The Balaban J connectivity index is 1.37. The molecule has 0 radical (unpaired) electrons. The highest BCUT2D eigenvalue weighted by Gasteiger charge is 2.22. The Hall–Kier alpha value is -4.44. The molecule has 3 aromatic heterocycles. The first-order valence-electron chi connectivity index (χ1n) is 12.2. The van der Waals surface area contributed by atoms with Crippen LogP contribution in [0.5, 0.6) is 0 Å². The summed E-state index contributed by atoms with van der Waals surface area (Å²) in [6.45, 7) is 0. The zero-order valence-corrected chi connectivity index (χ0v) is 20.9. The van der Waals surface area contributed by atoms with Crippen molar-refractivity contribution in [3.05, 3.63) is 89.6 Å². The third-order valence-electron chi connectivity index (χ3n) is 6.63. The molecule has 1 aliphatic rings. The number of aromatic amines is 1. The number of carbonyl (C=O) groups is 1. The van der Waals surface area contributed by atoms with Gasteiger partial charge in [0.05, 0.1) is 34.9 Å². The topological polar surface area (TPSA) is 114 Å². The second-order valence-corrected chi connectivity index (χ2v) is 9.54. The van der Waals surface area contributed by atoms with Crippen LogP contribution in [0.3, 0.4) is 0 Å². The smallest absolute Gasteiger partial charge is 0.224 e. The highest BCUT2D eigenvalue weighted by molar-refractivity contribution is 6.31. The lowest BCUT2D eigenvalue weighted by Crippen LogP contribution is -2.13. The van der Waals surface area contributed by atoms with E-state index in [9.17, 15) is 9.18 Å². The maximum absolute atomic E-state index is 14.1. The Labute approximate surface area is 222 Å². The fourth-order valence-electron chi connectivity index (χ4n) is 4.75. The number of benzene rings is 2. The molecule has 38 heavy (non-hydrogen) atoms. The molecule has 5 aromatic rings.